The van der Waals surface area contributed by atoms with Crippen molar-refractivity contribution in [3.05, 3.63) is 35.9 Å². The van der Waals surface area contributed by atoms with Crippen molar-refractivity contribution in [1.29, 1.82) is 0 Å². The Bertz CT molecular complexity index is 396. The molecular formula is C16H26N2O2. The number of likely N-dealkylation sites (N-methyl/N-ethyl adjacent to an activating group) is 1. The number of aliphatic hydroxyl groups excluding tert-OH is 1. The molecule has 3 atom stereocenters. The first-order chi connectivity index (χ1) is 9.59. The lowest BCUT2D eigenvalue weighted by Gasteiger charge is -2.42. The highest BCUT2D eigenvalue weighted by molar-refractivity contribution is 5.25. The van der Waals surface area contributed by atoms with Crippen LogP contribution in [0.4, 0.5) is 0 Å². The van der Waals surface area contributed by atoms with Crippen LogP contribution >= 0.6 is 0 Å². The zero-order valence-corrected chi connectivity index (χ0v) is 12.7. The molecule has 20 heavy (non-hydrogen) atoms. The summed E-state index contributed by atoms with van der Waals surface area (Å²) in [6.07, 6.45) is 0.477. The molecule has 0 bridgehead atoms. The van der Waals surface area contributed by atoms with Gasteiger partial charge in [-0.15, -0.1) is 0 Å². The molecule has 1 aromatic carbocycles. The molecule has 0 spiro atoms. The number of morpholine rings is 1. The van der Waals surface area contributed by atoms with Gasteiger partial charge in [0.05, 0.1) is 24.4 Å². The third-order valence-electron chi connectivity index (χ3n) is 4.06. The first-order valence-corrected chi connectivity index (χ1v) is 7.33. The Labute approximate surface area is 121 Å². The Balaban J connectivity index is 2.17. The first kappa shape index (κ1) is 15.4. The lowest BCUT2D eigenvalue weighted by molar-refractivity contribution is -0.0768. The van der Waals surface area contributed by atoms with Gasteiger partial charge in [0.15, 0.2) is 0 Å². The molecule has 0 aliphatic carbocycles. The van der Waals surface area contributed by atoms with Crippen LogP contribution in [-0.2, 0) is 10.3 Å². The quantitative estimate of drug-likeness (QED) is 0.849. The van der Waals surface area contributed by atoms with Gasteiger partial charge in [-0.2, -0.15) is 0 Å². The molecule has 1 heterocycles. The summed E-state index contributed by atoms with van der Waals surface area (Å²) in [6.45, 7) is 6.87. The molecule has 1 aliphatic heterocycles. The highest BCUT2D eigenvalue weighted by Crippen LogP contribution is 2.23. The van der Waals surface area contributed by atoms with Gasteiger partial charge in [0.25, 0.3) is 0 Å². The van der Waals surface area contributed by atoms with Crippen molar-refractivity contribution in [1.82, 2.24) is 10.2 Å². The second-order valence-electron chi connectivity index (χ2n) is 5.81. The van der Waals surface area contributed by atoms with E-state index in [0.29, 0.717) is 0 Å². The van der Waals surface area contributed by atoms with Crippen LogP contribution in [0.2, 0.25) is 0 Å². The zero-order valence-electron chi connectivity index (χ0n) is 12.7. The largest absolute Gasteiger partial charge is 0.394 e. The Morgan fingerprint density at radius 1 is 1.25 bits per heavy atom. The van der Waals surface area contributed by atoms with Crippen LogP contribution in [0.15, 0.2) is 30.3 Å². The van der Waals surface area contributed by atoms with Crippen molar-refractivity contribution in [2.24, 2.45) is 0 Å². The fourth-order valence-corrected chi connectivity index (χ4v) is 3.09. The summed E-state index contributed by atoms with van der Waals surface area (Å²) in [5, 5.41) is 13.3. The molecule has 0 aromatic heterocycles. The van der Waals surface area contributed by atoms with E-state index in [4.69, 9.17) is 4.74 Å². The Kier molecular flexibility index (Phi) is 5.16. The van der Waals surface area contributed by atoms with E-state index in [1.807, 2.05) is 25.2 Å². The first-order valence-electron chi connectivity index (χ1n) is 7.33. The number of ether oxygens (including phenoxy) is 1. The van der Waals surface area contributed by atoms with Crippen molar-refractivity contribution in [3.63, 3.8) is 0 Å². The number of rotatable bonds is 5. The lowest BCUT2D eigenvalue weighted by Crippen LogP contribution is -2.56. The van der Waals surface area contributed by atoms with Crippen molar-refractivity contribution in [2.75, 3.05) is 33.3 Å². The molecule has 1 aliphatic rings. The number of nitrogens with one attached hydrogen (secondary N) is 1. The third-order valence-corrected chi connectivity index (χ3v) is 4.06. The fraction of sp³-hybridized carbons (Fsp3) is 0.625. The normalized spacial score (nSPS) is 27.2. The summed E-state index contributed by atoms with van der Waals surface area (Å²) in [6, 6.07) is 10.2. The standard InChI is InChI=1S/C16H26N2O2/c1-13-9-18(10-14(2)20-13)11-16(12-19,17-3)15-7-5-4-6-8-15/h4-8,13-14,17,19H,9-12H2,1-3H3/t13-,14+,16?. The fourth-order valence-electron chi connectivity index (χ4n) is 3.09. The van der Waals surface area contributed by atoms with Crippen LogP contribution in [0, 0.1) is 0 Å². The third kappa shape index (κ3) is 3.38. The number of hydrogen-bond donors (Lipinski definition) is 2. The molecule has 1 fully saturated rings. The van der Waals surface area contributed by atoms with E-state index >= 15 is 0 Å². The average molecular weight is 278 g/mol. The molecule has 4 heteroatoms. The summed E-state index contributed by atoms with van der Waals surface area (Å²) in [7, 11) is 1.91. The maximum absolute atomic E-state index is 9.97. The van der Waals surface area contributed by atoms with Gasteiger partial charge in [-0.25, -0.2) is 0 Å². The van der Waals surface area contributed by atoms with Crippen molar-refractivity contribution in [2.45, 2.75) is 31.6 Å². The predicted octanol–water partition coefficient (Wildman–Crippen LogP) is 1.20. The van der Waals surface area contributed by atoms with Gasteiger partial charge in [0.2, 0.25) is 0 Å². The molecule has 2 N–H and O–H groups in total. The number of hydrogen-bond acceptors (Lipinski definition) is 4. The van der Waals surface area contributed by atoms with E-state index in [2.05, 4.69) is 36.2 Å². The van der Waals surface area contributed by atoms with Gasteiger partial charge < -0.3 is 15.2 Å². The number of aliphatic hydroxyl groups is 1. The predicted molar refractivity (Wildman–Crippen MR) is 80.7 cm³/mol. The Morgan fingerprint density at radius 3 is 2.35 bits per heavy atom. The molecular weight excluding hydrogens is 252 g/mol. The summed E-state index contributed by atoms with van der Waals surface area (Å²) >= 11 is 0. The van der Waals surface area contributed by atoms with Crippen LogP contribution in [0.1, 0.15) is 19.4 Å². The molecule has 0 radical (unpaired) electrons. The highest BCUT2D eigenvalue weighted by Gasteiger charge is 2.34. The second kappa shape index (κ2) is 6.68. The molecule has 1 aromatic rings. The summed E-state index contributed by atoms with van der Waals surface area (Å²) in [5.41, 5.74) is 0.703. The van der Waals surface area contributed by atoms with Crippen LogP contribution in [0.25, 0.3) is 0 Å². The van der Waals surface area contributed by atoms with Crippen molar-refractivity contribution < 1.29 is 9.84 Å². The van der Waals surface area contributed by atoms with E-state index in [1.165, 1.54) is 0 Å². The van der Waals surface area contributed by atoms with Gasteiger partial charge in [0.1, 0.15) is 0 Å². The monoisotopic (exact) mass is 278 g/mol. The molecule has 0 saturated carbocycles. The highest BCUT2D eigenvalue weighted by atomic mass is 16.5. The van der Waals surface area contributed by atoms with Gasteiger partial charge in [-0.1, -0.05) is 30.3 Å². The summed E-state index contributed by atoms with van der Waals surface area (Å²) in [4.78, 5) is 2.37. The molecule has 112 valence electrons. The second-order valence-corrected chi connectivity index (χ2v) is 5.81. The lowest BCUT2D eigenvalue weighted by atomic mass is 9.89. The molecule has 1 unspecified atom stereocenters. The number of benzene rings is 1. The van der Waals surface area contributed by atoms with Gasteiger partial charge in [-0.05, 0) is 26.5 Å². The van der Waals surface area contributed by atoms with Crippen molar-refractivity contribution in [3.8, 4) is 0 Å². The summed E-state index contributed by atoms with van der Waals surface area (Å²) < 4.78 is 5.78. The maximum Gasteiger partial charge on any atom is 0.0795 e. The van der Waals surface area contributed by atoms with E-state index < -0.39 is 5.54 Å². The van der Waals surface area contributed by atoms with E-state index in [1.54, 1.807) is 0 Å². The van der Waals surface area contributed by atoms with E-state index in [-0.39, 0.29) is 18.8 Å². The van der Waals surface area contributed by atoms with E-state index in [0.717, 1.165) is 25.2 Å². The number of nitrogens with zero attached hydrogens (tertiary/aromatic N) is 1. The summed E-state index contributed by atoms with van der Waals surface area (Å²) in [5.74, 6) is 0. The molecule has 4 nitrogen and oxygen atoms in total. The SMILES string of the molecule is CNC(CO)(CN1C[C@@H](C)O[C@@H](C)C1)c1ccccc1. The Hall–Kier alpha value is -0.940. The van der Waals surface area contributed by atoms with Crippen molar-refractivity contribution >= 4 is 0 Å². The molecule has 1 saturated heterocycles. The van der Waals surface area contributed by atoms with Crippen LogP contribution in [0.5, 0.6) is 0 Å². The smallest absolute Gasteiger partial charge is 0.0795 e. The average Bonchev–Trinajstić information content (AvgIpc) is 2.45. The maximum atomic E-state index is 9.97. The van der Waals surface area contributed by atoms with E-state index in [9.17, 15) is 5.11 Å². The minimum Gasteiger partial charge on any atom is -0.394 e. The minimum absolute atomic E-state index is 0.0770. The Morgan fingerprint density at radius 2 is 1.85 bits per heavy atom. The van der Waals surface area contributed by atoms with Crippen LogP contribution < -0.4 is 5.32 Å². The van der Waals surface area contributed by atoms with Gasteiger partial charge in [0, 0.05) is 19.6 Å². The molecule has 2 rings (SSSR count). The van der Waals surface area contributed by atoms with Gasteiger partial charge in [-0.3, -0.25) is 4.90 Å². The van der Waals surface area contributed by atoms with Crippen LogP contribution in [0.3, 0.4) is 0 Å². The molecule has 0 amide bonds. The minimum atomic E-state index is -0.419. The van der Waals surface area contributed by atoms with Gasteiger partial charge >= 0.3 is 0 Å². The zero-order chi connectivity index (χ0) is 14.6. The topological polar surface area (TPSA) is 44.7 Å². The van der Waals surface area contributed by atoms with Crippen LogP contribution in [-0.4, -0.2) is 55.5 Å².